The Balaban J connectivity index is 2.31. The molecule has 0 radical (unpaired) electrons. The van der Waals surface area contributed by atoms with E-state index in [1.54, 1.807) is 6.20 Å². The third-order valence-corrected chi connectivity index (χ3v) is 3.59. The molecule has 2 heterocycles. The molecule has 0 aliphatic heterocycles. The molecule has 0 fully saturated rings. The van der Waals surface area contributed by atoms with Crippen LogP contribution in [0.25, 0.3) is 21.3 Å². The van der Waals surface area contributed by atoms with Crippen LogP contribution in [0.5, 0.6) is 0 Å². The summed E-state index contributed by atoms with van der Waals surface area (Å²) in [6, 6.07) is 16.0. The fourth-order valence-electron chi connectivity index (χ4n) is 1.80. The van der Waals surface area contributed by atoms with Gasteiger partial charge in [-0.25, -0.2) is 4.98 Å². The van der Waals surface area contributed by atoms with Gasteiger partial charge in [-0.1, -0.05) is 47.7 Å². The predicted octanol–water partition coefficient (Wildman–Crippen LogP) is 3.44. The molecule has 3 heteroatoms. The number of hydrogen-bond donors (Lipinski definition) is 1. The Labute approximate surface area is 103 Å². The maximum absolute atomic E-state index is 8.07. The molecular weight excluding hydrogens is 228 g/mol. The molecule has 1 aromatic carbocycles. The number of hydrogen-bond acceptors (Lipinski definition) is 3. The second kappa shape index (κ2) is 4.11. The van der Waals surface area contributed by atoms with Crippen LogP contribution in [0.4, 0.5) is 0 Å². The zero-order valence-corrected chi connectivity index (χ0v) is 9.87. The van der Waals surface area contributed by atoms with Crippen LogP contribution in [0.15, 0.2) is 54.7 Å². The monoisotopic (exact) mass is 238 g/mol. The van der Waals surface area contributed by atoms with Crippen molar-refractivity contribution in [3.8, 4) is 11.1 Å². The molecule has 1 N–H and O–H groups in total. The summed E-state index contributed by atoms with van der Waals surface area (Å²) in [6.07, 6.45) is 1.76. The molecule has 0 spiro atoms. The summed E-state index contributed by atoms with van der Waals surface area (Å²) < 4.78 is 0.558. The van der Waals surface area contributed by atoms with Crippen molar-refractivity contribution in [1.82, 2.24) is 4.98 Å². The molecule has 3 aromatic rings. The first kappa shape index (κ1) is 10.2. The normalized spacial score (nSPS) is 10.6. The van der Waals surface area contributed by atoms with Gasteiger partial charge in [-0.15, -0.1) is 0 Å². The Hall–Kier alpha value is -2.00. The smallest absolute Gasteiger partial charge is 0.125 e. The molecule has 2 nitrogen and oxygen atoms in total. The third kappa shape index (κ3) is 1.85. The quantitative estimate of drug-likeness (QED) is 0.692. The lowest BCUT2D eigenvalue weighted by Crippen LogP contribution is -1.99. The standard InChI is InChI=1S/C14H10N2S/c15-13-12(10-5-2-1-3-6-10)9-11-7-4-8-16-14(11)17-13/h1-9,15H. The van der Waals surface area contributed by atoms with Crippen LogP contribution in [0.1, 0.15) is 0 Å². The summed E-state index contributed by atoms with van der Waals surface area (Å²) in [4.78, 5) is 5.19. The van der Waals surface area contributed by atoms with Gasteiger partial charge in [-0.05, 0) is 17.7 Å². The van der Waals surface area contributed by atoms with Crippen LogP contribution >= 0.6 is 11.3 Å². The van der Waals surface area contributed by atoms with E-state index in [0.717, 1.165) is 21.3 Å². The average Bonchev–Trinajstić information content (AvgIpc) is 2.39. The molecule has 0 atom stereocenters. The van der Waals surface area contributed by atoms with Crippen molar-refractivity contribution in [3.05, 3.63) is 59.4 Å². The summed E-state index contributed by atoms with van der Waals surface area (Å²) in [7, 11) is 0. The van der Waals surface area contributed by atoms with Gasteiger partial charge in [0, 0.05) is 17.1 Å². The first-order chi connectivity index (χ1) is 8.34. The van der Waals surface area contributed by atoms with Crippen LogP contribution in [-0.4, -0.2) is 4.98 Å². The third-order valence-electron chi connectivity index (χ3n) is 2.63. The molecule has 0 amide bonds. The van der Waals surface area contributed by atoms with Crippen LogP contribution in [0, 0.1) is 5.41 Å². The summed E-state index contributed by atoms with van der Waals surface area (Å²) in [6.45, 7) is 0. The van der Waals surface area contributed by atoms with Gasteiger partial charge in [0.05, 0.1) is 0 Å². The Morgan fingerprint density at radius 2 is 1.82 bits per heavy atom. The summed E-state index contributed by atoms with van der Waals surface area (Å²) >= 11 is 1.42. The van der Waals surface area contributed by atoms with Crippen LogP contribution < -0.4 is 4.67 Å². The lowest BCUT2D eigenvalue weighted by atomic mass is 10.1. The largest absolute Gasteiger partial charge is 0.290 e. The number of nitrogens with zero attached hydrogens (tertiary/aromatic N) is 1. The van der Waals surface area contributed by atoms with Crippen molar-refractivity contribution in [3.63, 3.8) is 0 Å². The van der Waals surface area contributed by atoms with Gasteiger partial charge >= 0.3 is 0 Å². The average molecular weight is 238 g/mol. The van der Waals surface area contributed by atoms with Gasteiger partial charge in [0.25, 0.3) is 0 Å². The highest BCUT2D eigenvalue weighted by molar-refractivity contribution is 7.15. The highest BCUT2D eigenvalue weighted by atomic mass is 32.1. The van der Waals surface area contributed by atoms with Crippen molar-refractivity contribution < 1.29 is 0 Å². The molecule has 2 aromatic heterocycles. The Morgan fingerprint density at radius 1 is 1.00 bits per heavy atom. The van der Waals surface area contributed by atoms with E-state index in [1.807, 2.05) is 48.5 Å². The molecule has 0 saturated carbocycles. The van der Waals surface area contributed by atoms with E-state index in [2.05, 4.69) is 4.98 Å². The van der Waals surface area contributed by atoms with E-state index >= 15 is 0 Å². The molecule has 3 rings (SSSR count). The minimum Gasteiger partial charge on any atom is -0.290 e. The van der Waals surface area contributed by atoms with E-state index < -0.39 is 0 Å². The molecule has 0 saturated heterocycles. The molecule has 82 valence electrons. The Bertz CT molecular complexity index is 717. The molecule has 0 aliphatic rings. The topological polar surface area (TPSA) is 36.7 Å². The summed E-state index contributed by atoms with van der Waals surface area (Å²) in [5.41, 5.74) is 2.05. The second-order valence-corrected chi connectivity index (χ2v) is 4.75. The lowest BCUT2D eigenvalue weighted by Gasteiger charge is -2.02. The highest BCUT2D eigenvalue weighted by Crippen LogP contribution is 2.21. The number of aromatic nitrogens is 1. The van der Waals surface area contributed by atoms with E-state index in [9.17, 15) is 0 Å². The lowest BCUT2D eigenvalue weighted by molar-refractivity contribution is 1.34. The van der Waals surface area contributed by atoms with E-state index in [0.29, 0.717) is 4.67 Å². The maximum atomic E-state index is 8.07. The van der Waals surface area contributed by atoms with Crippen LogP contribution in [0.3, 0.4) is 0 Å². The second-order valence-electron chi connectivity index (χ2n) is 3.75. The minimum absolute atomic E-state index is 0.558. The van der Waals surface area contributed by atoms with Crippen molar-refractivity contribution in [2.45, 2.75) is 0 Å². The maximum Gasteiger partial charge on any atom is 0.125 e. The van der Waals surface area contributed by atoms with E-state index in [-0.39, 0.29) is 0 Å². The fraction of sp³-hybridized carbons (Fsp3) is 0. The zero-order chi connectivity index (χ0) is 11.7. The van der Waals surface area contributed by atoms with Crippen molar-refractivity contribution in [2.75, 3.05) is 0 Å². The molecule has 0 bridgehead atoms. The molecule has 0 aliphatic carbocycles. The van der Waals surface area contributed by atoms with Crippen LogP contribution in [-0.2, 0) is 0 Å². The number of benzene rings is 1. The first-order valence-electron chi connectivity index (χ1n) is 5.33. The first-order valence-corrected chi connectivity index (χ1v) is 6.15. The summed E-state index contributed by atoms with van der Waals surface area (Å²) in [5, 5.41) is 9.16. The highest BCUT2D eigenvalue weighted by Gasteiger charge is 2.03. The van der Waals surface area contributed by atoms with Crippen LogP contribution in [0.2, 0.25) is 0 Å². The van der Waals surface area contributed by atoms with Gasteiger partial charge < -0.3 is 0 Å². The van der Waals surface area contributed by atoms with Crippen molar-refractivity contribution in [2.24, 2.45) is 0 Å². The number of pyridine rings is 1. The molecule has 17 heavy (non-hydrogen) atoms. The minimum atomic E-state index is 0.558. The van der Waals surface area contributed by atoms with Crippen molar-refractivity contribution >= 4 is 21.6 Å². The Kier molecular flexibility index (Phi) is 2.46. The summed E-state index contributed by atoms with van der Waals surface area (Å²) in [5.74, 6) is 0. The van der Waals surface area contributed by atoms with E-state index in [1.165, 1.54) is 11.3 Å². The SMILES string of the molecule is N=c1sc2ncccc2cc1-c1ccccc1. The zero-order valence-electron chi connectivity index (χ0n) is 9.05. The molecule has 0 unspecified atom stereocenters. The Morgan fingerprint density at radius 3 is 2.65 bits per heavy atom. The molecular formula is C14H10N2S. The van der Waals surface area contributed by atoms with E-state index in [4.69, 9.17) is 5.41 Å². The number of fused-ring (bicyclic) bond motifs is 1. The van der Waals surface area contributed by atoms with Gasteiger partial charge in [-0.2, -0.15) is 0 Å². The van der Waals surface area contributed by atoms with Gasteiger partial charge in [0.15, 0.2) is 0 Å². The number of rotatable bonds is 1. The van der Waals surface area contributed by atoms with Gasteiger partial charge in [-0.3, -0.25) is 5.41 Å². The number of nitrogens with one attached hydrogen (secondary N) is 1. The van der Waals surface area contributed by atoms with Gasteiger partial charge in [0.2, 0.25) is 0 Å². The van der Waals surface area contributed by atoms with Gasteiger partial charge in [0.1, 0.15) is 9.50 Å². The van der Waals surface area contributed by atoms with Crippen molar-refractivity contribution in [1.29, 1.82) is 5.41 Å². The predicted molar refractivity (Wildman–Crippen MR) is 70.9 cm³/mol. The fourth-order valence-corrected chi connectivity index (χ4v) is 2.64.